The van der Waals surface area contributed by atoms with E-state index in [-0.39, 0.29) is 24.4 Å². The van der Waals surface area contributed by atoms with Crippen LogP contribution in [0.2, 0.25) is 10.0 Å². The molecule has 1 heterocycles. The third kappa shape index (κ3) is 5.23. The van der Waals surface area contributed by atoms with Gasteiger partial charge < -0.3 is 18.7 Å². The van der Waals surface area contributed by atoms with Crippen LogP contribution in [0.15, 0.2) is 47.0 Å². The van der Waals surface area contributed by atoms with Gasteiger partial charge in [0.2, 0.25) is 11.9 Å². The van der Waals surface area contributed by atoms with Gasteiger partial charge in [0, 0.05) is 5.56 Å². The van der Waals surface area contributed by atoms with Crippen molar-refractivity contribution in [3.63, 3.8) is 0 Å². The van der Waals surface area contributed by atoms with Gasteiger partial charge in [0.1, 0.15) is 5.75 Å². The maximum absolute atomic E-state index is 12.0. The van der Waals surface area contributed by atoms with Crippen molar-refractivity contribution in [3.8, 4) is 17.1 Å². The van der Waals surface area contributed by atoms with E-state index >= 15 is 0 Å². The van der Waals surface area contributed by atoms with E-state index in [1.807, 2.05) is 13.8 Å². The average molecular weight is 451 g/mol. The Morgan fingerprint density at radius 1 is 1.10 bits per heavy atom. The zero-order chi connectivity index (χ0) is 21.7. The quantitative estimate of drug-likeness (QED) is 0.402. The minimum Gasteiger partial charge on any atom is -0.491 e. The number of halogens is 2. The molecule has 0 bridgehead atoms. The minimum atomic E-state index is -0.986. The number of nitrogens with zero attached hydrogens (tertiary/aromatic N) is 2. The molecule has 0 aliphatic rings. The fourth-order valence-corrected chi connectivity index (χ4v) is 3.22. The second-order valence-corrected chi connectivity index (χ2v) is 7.28. The summed E-state index contributed by atoms with van der Waals surface area (Å²) in [4.78, 5) is 16.3. The summed E-state index contributed by atoms with van der Waals surface area (Å²) in [5.41, 5.74) is 1.02. The number of aromatic nitrogens is 2. The average Bonchev–Trinajstić information content (AvgIpc) is 3.16. The van der Waals surface area contributed by atoms with Crippen molar-refractivity contribution in [1.82, 2.24) is 10.1 Å². The number of ether oxygens (including phenoxy) is 3. The predicted octanol–water partition coefficient (Wildman–Crippen LogP) is 6.09. The lowest BCUT2D eigenvalue weighted by atomic mass is 10.1. The Morgan fingerprint density at radius 2 is 1.77 bits per heavy atom. The molecule has 0 saturated carbocycles. The second-order valence-electron chi connectivity index (χ2n) is 6.47. The summed E-state index contributed by atoms with van der Waals surface area (Å²) in [7, 11) is 0. The summed E-state index contributed by atoms with van der Waals surface area (Å²) < 4.78 is 21.4. The third-order valence-electron chi connectivity index (χ3n) is 3.88. The predicted molar refractivity (Wildman–Crippen MR) is 112 cm³/mol. The van der Waals surface area contributed by atoms with Crippen LogP contribution < -0.4 is 4.74 Å². The highest BCUT2D eigenvalue weighted by molar-refractivity contribution is 6.38. The van der Waals surface area contributed by atoms with Crippen molar-refractivity contribution >= 4 is 29.4 Å². The van der Waals surface area contributed by atoms with Gasteiger partial charge in [-0.15, -0.1) is 0 Å². The fourth-order valence-electron chi connectivity index (χ4n) is 2.66. The zero-order valence-electron chi connectivity index (χ0n) is 16.6. The van der Waals surface area contributed by atoms with Crippen LogP contribution in [0, 0.1) is 0 Å². The monoisotopic (exact) mass is 450 g/mol. The number of carbonyl (C=O) groups is 1. The van der Waals surface area contributed by atoms with E-state index in [4.69, 9.17) is 41.9 Å². The lowest BCUT2D eigenvalue weighted by Crippen LogP contribution is -2.14. The summed E-state index contributed by atoms with van der Waals surface area (Å²) in [6.45, 7) is 5.70. The molecule has 1 atom stereocenters. The number of hydrogen-bond donors (Lipinski definition) is 0. The Morgan fingerprint density at radius 3 is 2.37 bits per heavy atom. The van der Waals surface area contributed by atoms with Crippen LogP contribution in [-0.2, 0) is 9.47 Å². The third-order valence-corrected chi connectivity index (χ3v) is 4.51. The number of rotatable bonds is 7. The van der Waals surface area contributed by atoms with Gasteiger partial charge in [-0.05, 0) is 45.0 Å². The van der Waals surface area contributed by atoms with Gasteiger partial charge in [0.05, 0.1) is 28.3 Å². The molecule has 7 nitrogen and oxygen atoms in total. The second kappa shape index (κ2) is 9.82. The number of hydrogen-bond acceptors (Lipinski definition) is 7. The van der Waals surface area contributed by atoms with Crippen molar-refractivity contribution < 1.29 is 23.5 Å². The molecular formula is C21H20Cl2N2O5. The normalized spacial score (nSPS) is 11.9. The molecule has 3 aromatic rings. The first kappa shape index (κ1) is 21.9. The largest absolute Gasteiger partial charge is 0.509 e. The van der Waals surface area contributed by atoms with Crippen LogP contribution in [0.3, 0.4) is 0 Å². The molecular weight excluding hydrogens is 431 g/mol. The molecule has 0 fully saturated rings. The Kier molecular flexibility index (Phi) is 7.18. The SMILES string of the molecule is CCOC(=O)OC(c1ccc(OC(C)C)cc1)c1nc(-c2c(Cl)cccc2Cl)no1. The first-order valence-electron chi connectivity index (χ1n) is 9.27. The molecule has 0 radical (unpaired) electrons. The molecule has 9 heteroatoms. The molecule has 0 saturated heterocycles. The molecule has 0 amide bonds. The van der Waals surface area contributed by atoms with Gasteiger partial charge in [-0.2, -0.15) is 4.98 Å². The Hall–Kier alpha value is -2.77. The number of benzene rings is 2. The minimum absolute atomic E-state index is 0.0290. The smallest absolute Gasteiger partial charge is 0.491 e. The Bertz CT molecular complexity index is 985. The van der Waals surface area contributed by atoms with Crippen LogP contribution in [0.25, 0.3) is 11.4 Å². The number of carbonyl (C=O) groups excluding carboxylic acids is 1. The van der Waals surface area contributed by atoms with E-state index in [2.05, 4.69) is 10.1 Å². The highest BCUT2D eigenvalue weighted by atomic mass is 35.5. The summed E-state index contributed by atoms with van der Waals surface area (Å²) in [5, 5.41) is 4.69. The van der Waals surface area contributed by atoms with Crippen molar-refractivity contribution in [2.75, 3.05) is 6.61 Å². The van der Waals surface area contributed by atoms with Gasteiger partial charge >= 0.3 is 6.16 Å². The Labute approximate surface area is 183 Å². The maximum atomic E-state index is 12.0. The van der Waals surface area contributed by atoms with Crippen LogP contribution in [0.1, 0.15) is 38.3 Å². The molecule has 0 spiro atoms. The van der Waals surface area contributed by atoms with Gasteiger partial charge in [-0.3, -0.25) is 0 Å². The van der Waals surface area contributed by atoms with Crippen molar-refractivity contribution in [2.45, 2.75) is 33.0 Å². The molecule has 30 heavy (non-hydrogen) atoms. The van der Waals surface area contributed by atoms with E-state index in [1.54, 1.807) is 49.4 Å². The van der Waals surface area contributed by atoms with Gasteiger partial charge in [-0.25, -0.2) is 4.79 Å². The first-order chi connectivity index (χ1) is 14.4. The fraction of sp³-hybridized carbons (Fsp3) is 0.286. The van der Waals surface area contributed by atoms with E-state index < -0.39 is 12.3 Å². The summed E-state index contributed by atoms with van der Waals surface area (Å²) in [5.74, 6) is 0.905. The summed E-state index contributed by atoms with van der Waals surface area (Å²) in [6, 6.07) is 12.1. The van der Waals surface area contributed by atoms with E-state index in [0.717, 1.165) is 0 Å². The van der Waals surface area contributed by atoms with Gasteiger partial charge in [-0.1, -0.05) is 46.6 Å². The zero-order valence-corrected chi connectivity index (χ0v) is 18.1. The van der Waals surface area contributed by atoms with Crippen LogP contribution in [0.4, 0.5) is 4.79 Å². The molecule has 2 aromatic carbocycles. The molecule has 1 unspecified atom stereocenters. The molecule has 1 aromatic heterocycles. The van der Waals surface area contributed by atoms with E-state index in [9.17, 15) is 4.79 Å². The molecule has 0 aliphatic heterocycles. The standard InChI is InChI=1S/C21H20Cl2N2O5/c1-4-27-21(26)29-18(13-8-10-14(11-9-13)28-12(2)3)20-24-19(25-30-20)17-15(22)6-5-7-16(17)23/h5-12,18H,4H2,1-3H3. The van der Waals surface area contributed by atoms with Crippen LogP contribution in [-0.4, -0.2) is 29.0 Å². The van der Waals surface area contributed by atoms with Crippen LogP contribution in [0.5, 0.6) is 5.75 Å². The first-order valence-corrected chi connectivity index (χ1v) is 10.0. The summed E-state index contributed by atoms with van der Waals surface area (Å²) in [6.07, 6.45) is -1.82. The van der Waals surface area contributed by atoms with Gasteiger partial charge in [0.25, 0.3) is 5.89 Å². The van der Waals surface area contributed by atoms with E-state index in [0.29, 0.717) is 26.9 Å². The lowest BCUT2D eigenvalue weighted by molar-refractivity contribution is 0.0283. The summed E-state index contributed by atoms with van der Waals surface area (Å²) >= 11 is 12.5. The molecule has 158 valence electrons. The van der Waals surface area contributed by atoms with Crippen molar-refractivity contribution in [2.24, 2.45) is 0 Å². The molecule has 0 aliphatic carbocycles. The van der Waals surface area contributed by atoms with Crippen molar-refractivity contribution in [3.05, 3.63) is 64.0 Å². The molecule has 0 N–H and O–H groups in total. The van der Waals surface area contributed by atoms with E-state index in [1.165, 1.54) is 0 Å². The molecule has 3 rings (SSSR count). The topological polar surface area (TPSA) is 83.7 Å². The van der Waals surface area contributed by atoms with Gasteiger partial charge in [0.15, 0.2) is 0 Å². The van der Waals surface area contributed by atoms with Crippen molar-refractivity contribution in [1.29, 1.82) is 0 Å². The lowest BCUT2D eigenvalue weighted by Gasteiger charge is -2.15. The Balaban J connectivity index is 1.95. The highest BCUT2D eigenvalue weighted by Crippen LogP contribution is 2.35. The maximum Gasteiger partial charge on any atom is 0.509 e. The van der Waals surface area contributed by atoms with Crippen LogP contribution >= 0.6 is 23.2 Å². The highest BCUT2D eigenvalue weighted by Gasteiger charge is 2.27.